The van der Waals surface area contributed by atoms with E-state index >= 15 is 0 Å². The second kappa shape index (κ2) is 6.90. The largest absolute Gasteiger partial charge is 0.333 e. The van der Waals surface area contributed by atoms with Gasteiger partial charge in [-0.3, -0.25) is 0 Å². The number of imidazole rings is 1. The molecule has 0 aliphatic carbocycles. The summed E-state index contributed by atoms with van der Waals surface area (Å²) in [6.07, 6.45) is 7.82. The second-order valence-electron chi connectivity index (χ2n) is 5.49. The van der Waals surface area contributed by atoms with Crippen molar-refractivity contribution >= 4 is 0 Å². The van der Waals surface area contributed by atoms with Gasteiger partial charge in [0.15, 0.2) is 0 Å². The highest BCUT2D eigenvalue weighted by Gasteiger charge is 2.15. The molecule has 0 bridgehead atoms. The van der Waals surface area contributed by atoms with Crippen molar-refractivity contribution in [3.63, 3.8) is 0 Å². The molecule has 1 atom stereocenters. The van der Waals surface area contributed by atoms with Gasteiger partial charge in [-0.25, -0.2) is 4.98 Å². The first-order valence-corrected chi connectivity index (χ1v) is 7.18. The first kappa shape index (κ1) is 13.6. The Morgan fingerprint density at radius 3 is 3.17 bits per heavy atom. The van der Waals surface area contributed by atoms with Gasteiger partial charge >= 0.3 is 0 Å². The summed E-state index contributed by atoms with van der Waals surface area (Å²) in [6, 6.07) is 0. The van der Waals surface area contributed by atoms with Crippen molar-refractivity contribution in [2.75, 3.05) is 26.7 Å². The molecule has 102 valence electrons. The van der Waals surface area contributed by atoms with Gasteiger partial charge in [0, 0.05) is 25.8 Å². The Bertz CT molecular complexity index is 341. The van der Waals surface area contributed by atoms with Crippen molar-refractivity contribution in [3.8, 4) is 0 Å². The average Bonchev–Trinajstić information content (AvgIpc) is 2.78. The molecule has 4 heteroatoms. The summed E-state index contributed by atoms with van der Waals surface area (Å²) in [4.78, 5) is 6.70. The standard InChI is InChI=1S/C14H26N4/c1-3-7-18-12-16-9-14(18)11-17(2)10-13-5-4-6-15-8-13/h9,12-13,15H,3-8,10-11H2,1-2H3. The number of nitrogens with one attached hydrogen (secondary N) is 1. The molecule has 0 spiro atoms. The van der Waals surface area contributed by atoms with E-state index in [1.54, 1.807) is 0 Å². The van der Waals surface area contributed by atoms with E-state index in [0.29, 0.717) is 0 Å². The molecule has 1 aliphatic heterocycles. The topological polar surface area (TPSA) is 33.1 Å². The van der Waals surface area contributed by atoms with Gasteiger partial charge < -0.3 is 14.8 Å². The number of hydrogen-bond acceptors (Lipinski definition) is 3. The van der Waals surface area contributed by atoms with Crippen molar-refractivity contribution in [3.05, 3.63) is 18.2 Å². The minimum absolute atomic E-state index is 0.811. The Balaban J connectivity index is 1.82. The molecule has 1 fully saturated rings. The maximum atomic E-state index is 4.26. The molecule has 4 nitrogen and oxygen atoms in total. The predicted molar refractivity (Wildman–Crippen MR) is 74.4 cm³/mol. The highest BCUT2D eigenvalue weighted by molar-refractivity contribution is 4.98. The molecule has 1 aromatic rings. The van der Waals surface area contributed by atoms with Crippen LogP contribution in [0.4, 0.5) is 0 Å². The molecule has 0 amide bonds. The van der Waals surface area contributed by atoms with E-state index < -0.39 is 0 Å². The summed E-state index contributed by atoms with van der Waals surface area (Å²) < 4.78 is 2.27. The fourth-order valence-corrected chi connectivity index (χ4v) is 2.78. The molecular weight excluding hydrogens is 224 g/mol. The van der Waals surface area contributed by atoms with Crippen LogP contribution in [0.5, 0.6) is 0 Å². The van der Waals surface area contributed by atoms with Gasteiger partial charge in [-0.2, -0.15) is 0 Å². The van der Waals surface area contributed by atoms with E-state index in [4.69, 9.17) is 0 Å². The van der Waals surface area contributed by atoms with Crippen molar-refractivity contribution in [1.82, 2.24) is 19.8 Å². The van der Waals surface area contributed by atoms with E-state index in [1.807, 2.05) is 12.5 Å². The number of rotatable bonds is 6. The number of aromatic nitrogens is 2. The lowest BCUT2D eigenvalue weighted by molar-refractivity contribution is 0.233. The molecule has 1 aliphatic rings. The third-order valence-electron chi connectivity index (χ3n) is 3.66. The molecular formula is C14H26N4. The van der Waals surface area contributed by atoms with Gasteiger partial charge in [0.2, 0.25) is 0 Å². The number of piperidine rings is 1. The van der Waals surface area contributed by atoms with Crippen molar-refractivity contribution in [1.29, 1.82) is 0 Å². The van der Waals surface area contributed by atoms with Crippen molar-refractivity contribution in [2.24, 2.45) is 5.92 Å². The van der Waals surface area contributed by atoms with Gasteiger partial charge in [0.1, 0.15) is 0 Å². The highest BCUT2D eigenvalue weighted by atomic mass is 15.1. The van der Waals surface area contributed by atoms with E-state index in [0.717, 1.165) is 19.0 Å². The maximum Gasteiger partial charge on any atom is 0.0948 e. The Hall–Kier alpha value is -0.870. The van der Waals surface area contributed by atoms with Crippen LogP contribution in [0.1, 0.15) is 31.9 Å². The number of hydrogen-bond donors (Lipinski definition) is 1. The first-order valence-electron chi connectivity index (χ1n) is 7.18. The van der Waals surface area contributed by atoms with Crippen LogP contribution in [-0.2, 0) is 13.1 Å². The summed E-state index contributed by atoms with van der Waals surface area (Å²) in [6.45, 7) is 7.86. The van der Waals surface area contributed by atoms with Crippen LogP contribution in [0.3, 0.4) is 0 Å². The molecule has 1 saturated heterocycles. The third-order valence-corrected chi connectivity index (χ3v) is 3.66. The van der Waals surface area contributed by atoms with E-state index in [2.05, 4.69) is 33.7 Å². The maximum absolute atomic E-state index is 4.26. The smallest absolute Gasteiger partial charge is 0.0948 e. The Morgan fingerprint density at radius 1 is 1.56 bits per heavy atom. The normalized spacial score (nSPS) is 20.5. The number of nitrogens with zero attached hydrogens (tertiary/aromatic N) is 3. The van der Waals surface area contributed by atoms with Gasteiger partial charge in [0.25, 0.3) is 0 Å². The van der Waals surface area contributed by atoms with Gasteiger partial charge in [-0.05, 0) is 45.3 Å². The zero-order valence-corrected chi connectivity index (χ0v) is 11.7. The lowest BCUT2D eigenvalue weighted by Crippen LogP contribution is -2.36. The molecule has 18 heavy (non-hydrogen) atoms. The zero-order chi connectivity index (χ0) is 12.8. The Labute approximate surface area is 110 Å². The summed E-state index contributed by atoms with van der Waals surface area (Å²) >= 11 is 0. The molecule has 2 heterocycles. The lowest BCUT2D eigenvalue weighted by Gasteiger charge is -2.27. The summed E-state index contributed by atoms with van der Waals surface area (Å²) in [5.74, 6) is 0.811. The molecule has 1 aromatic heterocycles. The molecule has 0 radical (unpaired) electrons. The summed E-state index contributed by atoms with van der Waals surface area (Å²) in [5.41, 5.74) is 1.34. The van der Waals surface area contributed by atoms with E-state index in [1.165, 1.54) is 44.6 Å². The fraction of sp³-hybridized carbons (Fsp3) is 0.786. The minimum atomic E-state index is 0.811. The summed E-state index contributed by atoms with van der Waals surface area (Å²) in [5, 5.41) is 3.49. The Morgan fingerprint density at radius 2 is 2.44 bits per heavy atom. The SMILES string of the molecule is CCCn1cncc1CN(C)CC1CCCNC1. The van der Waals surface area contributed by atoms with E-state index in [-0.39, 0.29) is 0 Å². The second-order valence-corrected chi connectivity index (χ2v) is 5.49. The van der Waals surface area contributed by atoms with Crippen LogP contribution >= 0.6 is 0 Å². The van der Waals surface area contributed by atoms with Crippen LogP contribution in [-0.4, -0.2) is 41.1 Å². The lowest BCUT2D eigenvalue weighted by atomic mass is 9.99. The van der Waals surface area contributed by atoms with Gasteiger partial charge in [-0.15, -0.1) is 0 Å². The van der Waals surface area contributed by atoms with Crippen LogP contribution in [0, 0.1) is 5.92 Å². The fourth-order valence-electron chi connectivity index (χ4n) is 2.78. The van der Waals surface area contributed by atoms with Crippen molar-refractivity contribution < 1.29 is 0 Å². The molecule has 0 saturated carbocycles. The predicted octanol–water partition coefficient (Wildman–Crippen LogP) is 1.72. The average molecular weight is 250 g/mol. The molecule has 0 aromatic carbocycles. The van der Waals surface area contributed by atoms with E-state index in [9.17, 15) is 0 Å². The van der Waals surface area contributed by atoms with Crippen LogP contribution in [0.15, 0.2) is 12.5 Å². The number of aryl methyl sites for hydroxylation is 1. The Kier molecular flexibility index (Phi) is 5.20. The highest BCUT2D eigenvalue weighted by Crippen LogP contribution is 2.13. The zero-order valence-electron chi connectivity index (χ0n) is 11.7. The van der Waals surface area contributed by atoms with Crippen LogP contribution < -0.4 is 5.32 Å². The minimum Gasteiger partial charge on any atom is -0.333 e. The van der Waals surface area contributed by atoms with Crippen LogP contribution in [0.2, 0.25) is 0 Å². The summed E-state index contributed by atoms with van der Waals surface area (Å²) in [7, 11) is 2.22. The molecule has 1 unspecified atom stereocenters. The third kappa shape index (κ3) is 3.82. The molecule has 2 rings (SSSR count). The molecule has 1 N–H and O–H groups in total. The quantitative estimate of drug-likeness (QED) is 0.834. The van der Waals surface area contributed by atoms with Gasteiger partial charge in [0.05, 0.1) is 12.0 Å². The first-order chi connectivity index (χ1) is 8.79. The van der Waals surface area contributed by atoms with Gasteiger partial charge in [-0.1, -0.05) is 6.92 Å². The monoisotopic (exact) mass is 250 g/mol. The van der Waals surface area contributed by atoms with Crippen LogP contribution in [0.25, 0.3) is 0 Å². The van der Waals surface area contributed by atoms with Crippen molar-refractivity contribution in [2.45, 2.75) is 39.3 Å².